The van der Waals surface area contributed by atoms with Crippen molar-refractivity contribution >= 4 is 44.1 Å². The lowest BCUT2D eigenvalue weighted by Gasteiger charge is -2.23. The summed E-state index contributed by atoms with van der Waals surface area (Å²) in [7, 11) is -3.77. The Labute approximate surface area is 165 Å². The summed E-state index contributed by atoms with van der Waals surface area (Å²) in [6.07, 6.45) is 5.96. The van der Waals surface area contributed by atoms with Crippen LogP contribution >= 0.6 is 11.3 Å². The molecule has 0 saturated heterocycles. The molecule has 2 aliphatic rings. The molecule has 2 aromatic rings. The maximum Gasteiger partial charge on any atom is 0.307 e. The fraction of sp³-hybridized carbons (Fsp3) is 0.278. The summed E-state index contributed by atoms with van der Waals surface area (Å²) in [6, 6.07) is 5.71. The molecule has 1 saturated carbocycles. The highest BCUT2D eigenvalue weighted by Gasteiger charge is 2.51. The number of nitrogens with zero attached hydrogens (tertiary/aromatic N) is 1. The van der Waals surface area contributed by atoms with E-state index in [-0.39, 0.29) is 27.8 Å². The van der Waals surface area contributed by atoms with Gasteiger partial charge < -0.3 is 10.4 Å². The number of carboxylic acids is 1. The van der Waals surface area contributed by atoms with Gasteiger partial charge in [-0.3, -0.25) is 14.3 Å². The van der Waals surface area contributed by atoms with Gasteiger partial charge in [-0.15, -0.1) is 11.3 Å². The predicted molar refractivity (Wildman–Crippen MR) is 103 cm³/mol. The zero-order valence-corrected chi connectivity index (χ0v) is 16.1. The van der Waals surface area contributed by atoms with E-state index in [9.17, 15) is 23.1 Å². The summed E-state index contributed by atoms with van der Waals surface area (Å²) in [5.41, 5.74) is 0.411. The SMILES string of the molecule is O=C(O)[C@@H]1[C@@H](C(=O)Nc2ccc(S(=O)(=O)Nc3nccs3)cc2)[C@H]2C=C[C@H]1C2. The van der Waals surface area contributed by atoms with Gasteiger partial charge in [0.15, 0.2) is 5.13 Å². The lowest BCUT2D eigenvalue weighted by Crippen LogP contribution is -2.36. The Morgan fingerprint density at radius 3 is 2.39 bits per heavy atom. The van der Waals surface area contributed by atoms with Gasteiger partial charge in [-0.25, -0.2) is 13.4 Å². The zero-order chi connectivity index (χ0) is 19.9. The Balaban J connectivity index is 1.47. The first-order valence-corrected chi connectivity index (χ1v) is 11.0. The number of carbonyl (C=O) groups excluding carboxylic acids is 1. The highest BCUT2D eigenvalue weighted by atomic mass is 32.2. The molecule has 1 aromatic carbocycles. The number of carbonyl (C=O) groups is 2. The fourth-order valence-corrected chi connectivity index (χ4v) is 5.70. The van der Waals surface area contributed by atoms with E-state index in [1.807, 2.05) is 12.2 Å². The first-order chi connectivity index (χ1) is 13.3. The third kappa shape index (κ3) is 3.40. The van der Waals surface area contributed by atoms with Crippen LogP contribution < -0.4 is 10.0 Å². The lowest BCUT2D eigenvalue weighted by atomic mass is 9.82. The Bertz CT molecular complexity index is 1030. The molecule has 2 aliphatic carbocycles. The normalized spacial score (nSPS) is 25.6. The van der Waals surface area contributed by atoms with Gasteiger partial charge in [0.25, 0.3) is 10.0 Å². The molecule has 0 radical (unpaired) electrons. The van der Waals surface area contributed by atoms with Crippen molar-refractivity contribution < 1.29 is 23.1 Å². The zero-order valence-electron chi connectivity index (χ0n) is 14.5. The minimum atomic E-state index is -3.77. The summed E-state index contributed by atoms with van der Waals surface area (Å²) in [5, 5.41) is 14.1. The first kappa shape index (κ1) is 18.6. The molecule has 146 valence electrons. The predicted octanol–water partition coefficient (Wildman–Crippen LogP) is 2.41. The van der Waals surface area contributed by atoms with Crippen LogP contribution in [0.25, 0.3) is 0 Å². The van der Waals surface area contributed by atoms with Crippen LogP contribution in [0.3, 0.4) is 0 Å². The molecule has 2 bridgehead atoms. The van der Waals surface area contributed by atoms with Crippen molar-refractivity contribution in [1.29, 1.82) is 0 Å². The number of allylic oxidation sites excluding steroid dienone is 2. The van der Waals surface area contributed by atoms with Crippen molar-refractivity contribution in [2.24, 2.45) is 23.7 Å². The minimum Gasteiger partial charge on any atom is -0.481 e. The minimum absolute atomic E-state index is 0.0342. The third-order valence-corrected chi connectivity index (χ3v) is 7.31. The van der Waals surface area contributed by atoms with E-state index in [0.29, 0.717) is 12.1 Å². The van der Waals surface area contributed by atoms with Crippen molar-refractivity contribution in [3.63, 3.8) is 0 Å². The number of benzene rings is 1. The van der Waals surface area contributed by atoms with Gasteiger partial charge >= 0.3 is 5.97 Å². The smallest absolute Gasteiger partial charge is 0.307 e. The monoisotopic (exact) mass is 419 g/mol. The molecule has 4 rings (SSSR count). The van der Waals surface area contributed by atoms with Crippen LogP contribution in [0.1, 0.15) is 6.42 Å². The van der Waals surface area contributed by atoms with Crippen LogP contribution in [-0.4, -0.2) is 30.4 Å². The second-order valence-electron chi connectivity index (χ2n) is 6.79. The molecular formula is C18H17N3O5S2. The number of hydrogen-bond donors (Lipinski definition) is 3. The second kappa shape index (κ2) is 7.02. The Morgan fingerprint density at radius 1 is 1.11 bits per heavy atom. The summed E-state index contributed by atoms with van der Waals surface area (Å²) in [4.78, 5) is 28.1. The molecule has 1 heterocycles. The number of amides is 1. The highest BCUT2D eigenvalue weighted by molar-refractivity contribution is 7.93. The van der Waals surface area contributed by atoms with E-state index in [4.69, 9.17) is 0 Å². The number of rotatable bonds is 6. The molecule has 0 unspecified atom stereocenters. The molecule has 3 N–H and O–H groups in total. The maximum atomic E-state index is 12.7. The van der Waals surface area contributed by atoms with Gasteiger partial charge in [0, 0.05) is 17.3 Å². The van der Waals surface area contributed by atoms with Crippen LogP contribution in [0, 0.1) is 23.7 Å². The molecule has 8 nitrogen and oxygen atoms in total. The van der Waals surface area contributed by atoms with E-state index >= 15 is 0 Å². The van der Waals surface area contributed by atoms with Crippen molar-refractivity contribution in [1.82, 2.24) is 4.98 Å². The van der Waals surface area contributed by atoms with Crippen molar-refractivity contribution in [2.75, 3.05) is 10.0 Å². The number of nitrogens with one attached hydrogen (secondary N) is 2. The number of hydrogen-bond acceptors (Lipinski definition) is 6. The number of thiazole rings is 1. The van der Waals surface area contributed by atoms with Crippen LogP contribution in [0.5, 0.6) is 0 Å². The van der Waals surface area contributed by atoms with Gasteiger partial charge in [-0.2, -0.15) is 0 Å². The average molecular weight is 419 g/mol. The number of aliphatic carboxylic acids is 1. The fourth-order valence-electron chi connectivity index (χ4n) is 3.91. The molecule has 4 atom stereocenters. The van der Waals surface area contributed by atoms with Crippen molar-refractivity contribution in [3.8, 4) is 0 Å². The lowest BCUT2D eigenvalue weighted by molar-refractivity contribution is -0.146. The van der Waals surface area contributed by atoms with Gasteiger partial charge in [-0.1, -0.05) is 12.2 Å². The molecule has 0 aliphatic heterocycles. The van der Waals surface area contributed by atoms with Gasteiger partial charge in [0.1, 0.15) is 0 Å². The van der Waals surface area contributed by atoms with E-state index in [1.54, 1.807) is 5.38 Å². The van der Waals surface area contributed by atoms with Crippen LogP contribution in [0.2, 0.25) is 0 Å². The Kier molecular flexibility index (Phi) is 4.68. The highest BCUT2D eigenvalue weighted by Crippen LogP contribution is 2.48. The molecule has 1 aromatic heterocycles. The van der Waals surface area contributed by atoms with Crippen molar-refractivity contribution in [3.05, 3.63) is 48.0 Å². The average Bonchev–Trinajstić information content (AvgIpc) is 3.38. The number of carboxylic acid groups (broad SMARTS) is 1. The summed E-state index contributed by atoms with van der Waals surface area (Å²) < 4.78 is 27.1. The van der Waals surface area contributed by atoms with E-state index in [2.05, 4.69) is 15.0 Å². The molecule has 0 spiro atoms. The number of sulfonamides is 1. The number of fused-ring (bicyclic) bond motifs is 2. The second-order valence-corrected chi connectivity index (χ2v) is 9.37. The van der Waals surface area contributed by atoms with Gasteiger partial charge in [-0.05, 0) is 42.5 Å². The maximum absolute atomic E-state index is 12.7. The van der Waals surface area contributed by atoms with Crippen LogP contribution in [-0.2, 0) is 19.6 Å². The summed E-state index contributed by atoms with van der Waals surface area (Å²) >= 11 is 1.17. The van der Waals surface area contributed by atoms with Gasteiger partial charge in [0.2, 0.25) is 5.91 Å². The first-order valence-electron chi connectivity index (χ1n) is 8.59. The number of aromatic nitrogens is 1. The van der Waals surface area contributed by atoms with Gasteiger partial charge in [0.05, 0.1) is 16.7 Å². The Hall–Kier alpha value is -2.72. The molecule has 1 fully saturated rings. The van der Waals surface area contributed by atoms with Crippen LogP contribution in [0.4, 0.5) is 10.8 Å². The Morgan fingerprint density at radius 2 is 1.79 bits per heavy atom. The number of anilines is 2. The van der Waals surface area contributed by atoms with Crippen LogP contribution in [0.15, 0.2) is 52.9 Å². The van der Waals surface area contributed by atoms with E-state index < -0.39 is 27.8 Å². The summed E-state index contributed by atoms with van der Waals surface area (Å²) in [6.45, 7) is 0. The van der Waals surface area contributed by atoms with Crippen molar-refractivity contribution in [2.45, 2.75) is 11.3 Å². The largest absolute Gasteiger partial charge is 0.481 e. The topological polar surface area (TPSA) is 125 Å². The standard InChI is InChI=1S/C18H17N3O5S2/c22-16(14-10-1-2-11(9-10)15(14)17(23)24)20-12-3-5-13(6-4-12)28(25,26)21-18-19-7-8-27-18/h1-8,10-11,14-15H,9H2,(H,19,21)(H,20,22)(H,23,24)/t10-,11-,14-,15-/m0/s1. The summed E-state index contributed by atoms with van der Waals surface area (Å²) in [5.74, 6) is -2.86. The van der Waals surface area contributed by atoms with E-state index in [0.717, 1.165) is 0 Å². The molecule has 10 heteroatoms. The van der Waals surface area contributed by atoms with E-state index in [1.165, 1.54) is 41.8 Å². The molecule has 28 heavy (non-hydrogen) atoms. The molecule has 1 amide bonds. The third-order valence-electron chi connectivity index (χ3n) is 5.13. The quantitative estimate of drug-likeness (QED) is 0.618. The molecular weight excluding hydrogens is 402 g/mol.